The topological polar surface area (TPSA) is 52.6 Å². The van der Waals surface area contributed by atoms with Gasteiger partial charge in [-0.3, -0.25) is 4.79 Å². The van der Waals surface area contributed by atoms with Gasteiger partial charge in [-0.2, -0.15) is 0 Å². The van der Waals surface area contributed by atoms with E-state index in [0.717, 1.165) is 12.8 Å². The molecule has 0 heterocycles. The summed E-state index contributed by atoms with van der Waals surface area (Å²) in [6.07, 6.45) is 5.34. The second-order valence-corrected chi connectivity index (χ2v) is 4.50. The van der Waals surface area contributed by atoms with E-state index >= 15 is 0 Å². The van der Waals surface area contributed by atoms with Gasteiger partial charge in [0.2, 0.25) is 0 Å². The lowest BCUT2D eigenvalue weighted by atomic mass is 9.90. The van der Waals surface area contributed by atoms with Gasteiger partial charge in [0.15, 0.2) is 0 Å². The van der Waals surface area contributed by atoms with Crippen molar-refractivity contribution >= 4 is 11.9 Å². The Hall–Kier alpha value is -1.32. The average Bonchev–Trinajstić information content (AvgIpc) is 2.42. The predicted octanol–water partition coefficient (Wildman–Crippen LogP) is 2.62. The van der Waals surface area contributed by atoms with Gasteiger partial charge in [0, 0.05) is 5.57 Å². The zero-order valence-electron chi connectivity index (χ0n) is 11.2. The van der Waals surface area contributed by atoms with E-state index < -0.39 is 0 Å². The number of carbonyl (C=O) groups is 2. The van der Waals surface area contributed by atoms with Crippen LogP contribution in [0.5, 0.6) is 0 Å². The molecular formula is C14H22O4. The molecule has 102 valence electrons. The molecule has 1 unspecified atom stereocenters. The van der Waals surface area contributed by atoms with Crippen LogP contribution in [0.1, 0.15) is 46.0 Å². The maximum atomic E-state index is 11.6. The van der Waals surface area contributed by atoms with E-state index in [1.807, 2.05) is 19.9 Å². The number of esters is 2. The third-order valence-corrected chi connectivity index (χ3v) is 2.89. The molecule has 0 aliphatic heterocycles. The summed E-state index contributed by atoms with van der Waals surface area (Å²) in [6.45, 7) is 4.86. The van der Waals surface area contributed by atoms with E-state index in [2.05, 4.69) is 0 Å². The average molecular weight is 254 g/mol. The van der Waals surface area contributed by atoms with Gasteiger partial charge in [-0.15, -0.1) is 0 Å². The highest BCUT2D eigenvalue weighted by Gasteiger charge is 2.25. The number of hydrogen-bond donors (Lipinski definition) is 0. The fourth-order valence-electron chi connectivity index (χ4n) is 1.84. The molecule has 0 radical (unpaired) electrons. The van der Waals surface area contributed by atoms with Crippen LogP contribution in [-0.4, -0.2) is 25.2 Å². The molecule has 1 rings (SSSR count). The molecule has 4 nitrogen and oxygen atoms in total. The molecule has 0 spiro atoms. The Bertz CT molecular complexity index is 320. The molecule has 1 aliphatic rings. The van der Waals surface area contributed by atoms with Gasteiger partial charge < -0.3 is 9.47 Å². The highest BCUT2D eigenvalue weighted by Crippen LogP contribution is 2.25. The molecule has 0 bridgehead atoms. The van der Waals surface area contributed by atoms with E-state index in [-0.39, 0.29) is 17.9 Å². The Morgan fingerprint density at radius 1 is 1.22 bits per heavy atom. The summed E-state index contributed by atoms with van der Waals surface area (Å²) in [5.41, 5.74) is 0.697. The Morgan fingerprint density at radius 2 is 1.89 bits per heavy atom. The molecule has 1 aliphatic carbocycles. The van der Waals surface area contributed by atoms with Gasteiger partial charge in [-0.25, -0.2) is 4.79 Å². The first-order valence-corrected chi connectivity index (χ1v) is 6.71. The number of ether oxygens (including phenoxy) is 2. The van der Waals surface area contributed by atoms with E-state index in [9.17, 15) is 9.59 Å². The smallest absolute Gasteiger partial charge is 0.333 e. The molecule has 4 heteroatoms. The van der Waals surface area contributed by atoms with E-state index in [1.165, 1.54) is 0 Å². The molecule has 0 N–H and O–H groups in total. The van der Waals surface area contributed by atoms with Crippen molar-refractivity contribution in [2.45, 2.75) is 46.0 Å². The second kappa shape index (κ2) is 7.90. The number of rotatable bonds is 6. The lowest BCUT2D eigenvalue weighted by molar-refractivity contribution is -0.149. The Labute approximate surface area is 108 Å². The van der Waals surface area contributed by atoms with Gasteiger partial charge in [0.25, 0.3) is 0 Å². The summed E-state index contributed by atoms with van der Waals surface area (Å²) in [7, 11) is 0. The third-order valence-electron chi connectivity index (χ3n) is 2.89. The van der Waals surface area contributed by atoms with E-state index in [0.29, 0.717) is 38.0 Å². The Kier molecular flexibility index (Phi) is 6.47. The highest BCUT2D eigenvalue weighted by molar-refractivity contribution is 5.89. The largest absolute Gasteiger partial charge is 0.465 e. The van der Waals surface area contributed by atoms with Crippen LogP contribution < -0.4 is 0 Å². The summed E-state index contributed by atoms with van der Waals surface area (Å²) in [5, 5.41) is 0. The monoisotopic (exact) mass is 254 g/mol. The first kappa shape index (κ1) is 14.7. The molecule has 0 aromatic rings. The molecule has 0 saturated carbocycles. The van der Waals surface area contributed by atoms with Gasteiger partial charge in [-0.1, -0.05) is 19.9 Å². The SMILES string of the molecule is CCCOC(=O)C1=CCC(C(=O)OCCC)CC1. The van der Waals surface area contributed by atoms with Crippen LogP contribution in [0.15, 0.2) is 11.6 Å². The van der Waals surface area contributed by atoms with Gasteiger partial charge >= 0.3 is 11.9 Å². The Balaban J connectivity index is 2.40. The van der Waals surface area contributed by atoms with Gasteiger partial charge in [0.05, 0.1) is 19.1 Å². The zero-order valence-corrected chi connectivity index (χ0v) is 11.2. The van der Waals surface area contributed by atoms with Crippen LogP contribution in [-0.2, 0) is 19.1 Å². The minimum absolute atomic E-state index is 0.0979. The summed E-state index contributed by atoms with van der Waals surface area (Å²) >= 11 is 0. The maximum Gasteiger partial charge on any atom is 0.333 e. The molecule has 1 atom stereocenters. The van der Waals surface area contributed by atoms with Crippen molar-refractivity contribution < 1.29 is 19.1 Å². The maximum absolute atomic E-state index is 11.6. The molecular weight excluding hydrogens is 232 g/mol. The normalized spacial score (nSPS) is 19.0. The third kappa shape index (κ3) is 4.51. The van der Waals surface area contributed by atoms with Gasteiger partial charge in [0.1, 0.15) is 0 Å². The van der Waals surface area contributed by atoms with Crippen molar-refractivity contribution in [2.75, 3.05) is 13.2 Å². The molecule has 0 aromatic carbocycles. The molecule has 18 heavy (non-hydrogen) atoms. The quantitative estimate of drug-likeness (QED) is 0.684. The van der Waals surface area contributed by atoms with Crippen molar-refractivity contribution in [3.63, 3.8) is 0 Å². The van der Waals surface area contributed by atoms with Gasteiger partial charge in [-0.05, 0) is 32.1 Å². The van der Waals surface area contributed by atoms with Crippen molar-refractivity contribution in [3.8, 4) is 0 Å². The lowest BCUT2D eigenvalue weighted by Gasteiger charge is -2.19. The van der Waals surface area contributed by atoms with Crippen molar-refractivity contribution in [1.82, 2.24) is 0 Å². The lowest BCUT2D eigenvalue weighted by Crippen LogP contribution is -2.22. The number of allylic oxidation sites excluding steroid dienone is 1. The first-order chi connectivity index (χ1) is 8.69. The molecule has 0 saturated heterocycles. The number of carbonyl (C=O) groups excluding carboxylic acids is 2. The summed E-state index contributed by atoms with van der Waals surface area (Å²) in [6, 6.07) is 0. The number of hydrogen-bond acceptors (Lipinski definition) is 4. The Morgan fingerprint density at radius 3 is 2.44 bits per heavy atom. The van der Waals surface area contributed by atoms with Crippen LogP contribution in [0.3, 0.4) is 0 Å². The van der Waals surface area contributed by atoms with E-state index in [1.54, 1.807) is 0 Å². The van der Waals surface area contributed by atoms with Crippen LogP contribution in [0.25, 0.3) is 0 Å². The second-order valence-electron chi connectivity index (χ2n) is 4.50. The predicted molar refractivity (Wildman–Crippen MR) is 67.9 cm³/mol. The van der Waals surface area contributed by atoms with Crippen molar-refractivity contribution in [2.24, 2.45) is 5.92 Å². The molecule has 0 aromatic heterocycles. The first-order valence-electron chi connectivity index (χ1n) is 6.71. The van der Waals surface area contributed by atoms with Crippen molar-refractivity contribution in [3.05, 3.63) is 11.6 Å². The van der Waals surface area contributed by atoms with Crippen LogP contribution in [0.2, 0.25) is 0 Å². The minimum atomic E-state index is -0.239. The zero-order chi connectivity index (χ0) is 13.4. The van der Waals surface area contributed by atoms with E-state index in [4.69, 9.17) is 9.47 Å². The molecule has 0 fully saturated rings. The van der Waals surface area contributed by atoms with Crippen LogP contribution in [0, 0.1) is 5.92 Å². The summed E-state index contributed by atoms with van der Waals surface area (Å²) < 4.78 is 10.2. The fourth-order valence-corrected chi connectivity index (χ4v) is 1.84. The van der Waals surface area contributed by atoms with Crippen LogP contribution >= 0.6 is 0 Å². The van der Waals surface area contributed by atoms with Crippen molar-refractivity contribution in [1.29, 1.82) is 0 Å². The minimum Gasteiger partial charge on any atom is -0.465 e. The standard InChI is InChI=1S/C14H22O4/c1-3-9-17-13(15)11-5-7-12(8-6-11)14(16)18-10-4-2/h5,12H,3-4,6-10H2,1-2H3. The molecule has 0 amide bonds. The van der Waals surface area contributed by atoms with Crippen LogP contribution in [0.4, 0.5) is 0 Å². The fraction of sp³-hybridized carbons (Fsp3) is 0.714. The highest BCUT2D eigenvalue weighted by atomic mass is 16.5. The summed E-state index contributed by atoms with van der Waals surface area (Å²) in [4.78, 5) is 23.2. The summed E-state index contributed by atoms with van der Waals surface area (Å²) in [5.74, 6) is -0.481.